The molecule has 166 valence electrons. The molecule has 1 saturated heterocycles. The summed E-state index contributed by atoms with van der Waals surface area (Å²) in [7, 11) is 0. The summed E-state index contributed by atoms with van der Waals surface area (Å²) in [5, 5.41) is 12.0. The van der Waals surface area contributed by atoms with E-state index in [1.807, 2.05) is 0 Å². The van der Waals surface area contributed by atoms with Crippen molar-refractivity contribution in [3.8, 4) is 0 Å². The highest BCUT2D eigenvalue weighted by Gasteiger charge is 2.21. The fraction of sp³-hybridized carbons (Fsp3) is 0.304. The van der Waals surface area contributed by atoms with Gasteiger partial charge in [-0.3, -0.25) is 19.3 Å². The summed E-state index contributed by atoms with van der Waals surface area (Å²) in [5.74, 6) is -1.53. The second-order valence-corrected chi connectivity index (χ2v) is 7.96. The zero-order valence-corrected chi connectivity index (χ0v) is 17.7. The molecule has 0 radical (unpaired) electrons. The molecule has 0 saturated carbocycles. The van der Waals surface area contributed by atoms with Crippen LogP contribution in [0.15, 0.2) is 47.3 Å². The van der Waals surface area contributed by atoms with Crippen molar-refractivity contribution in [3.05, 3.63) is 64.3 Å². The number of carbonyl (C=O) groups excluding carboxylic acids is 2. The molecule has 2 amide bonds. The van der Waals surface area contributed by atoms with Gasteiger partial charge in [0.25, 0.3) is 11.5 Å². The predicted molar refractivity (Wildman–Crippen MR) is 120 cm³/mol. The molecule has 4 rings (SSSR count). The van der Waals surface area contributed by atoms with Gasteiger partial charge in [0.2, 0.25) is 5.91 Å². The Hall–Kier alpha value is -3.59. The Kier molecular flexibility index (Phi) is 6.27. The predicted octanol–water partition coefficient (Wildman–Crippen LogP) is 3.13. The van der Waals surface area contributed by atoms with E-state index in [1.165, 1.54) is 24.6 Å². The first-order valence-corrected chi connectivity index (χ1v) is 10.5. The Morgan fingerprint density at radius 1 is 1.16 bits per heavy atom. The van der Waals surface area contributed by atoms with E-state index in [4.69, 9.17) is 0 Å². The number of hydrogen-bond donors (Lipinski definition) is 3. The molecule has 3 aromatic rings. The van der Waals surface area contributed by atoms with Crippen LogP contribution in [0.2, 0.25) is 0 Å². The van der Waals surface area contributed by atoms with Crippen molar-refractivity contribution in [2.24, 2.45) is 0 Å². The Bertz CT molecular complexity index is 1230. The molecular formula is C23H24FN5O3. The van der Waals surface area contributed by atoms with Gasteiger partial charge < -0.3 is 10.6 Å². The van der Waals surface area contributed by atoms with Crippen LogP contribution in [-0.2, 0) is 4.79 Å². The number of halogens is 1. The minimum absolute atomic E-state index is 0.0341. The minimum Gasteiger partial charge on any atom is -0.325 e. The first kappa shape index (κ1) is 21.6. The second-order valence-electron chi connectivity index (χ2n) is 7.96. The van der Waals surface area contributed by atoms with Gasteiger partial charge in [-0.25, -0.2) is 9.49 Å². The van der Waals surface area contributed by atoms with Gasteiger partial charge in [-0.2, -0.15) is 5.10 Å². The Morgan fingerprint density at radius 3 is 2.72 bits per heavy atom. The number of nitrogens with zero attached hydrogens (tertiary/aromatic N) is 2. The molecule has 1 atom stereocenters. The number of hydrogen-bond acceptors (Lipinski definition) is 5. The summed E-state index contributed by atoms with van der Waals surface area (Å²) in [6.07, 6.45) is 3.30. The van der Waals surface area contributed by atoms with Gasteiger partial charge in [0, 0.05) is 17.1 Å². The van der Waals surface area contributed by atoms with Crippen molar-refractivity contribution in [3.63, 3.8) is 0 Å². The Morgan fingerprint density at radius 2 is 1.94 bits per heavy atom. The molecule has 2 heterocycles. The van der Waals surface area contributed by atoms with Crippen LogP contribution in [0.4, 0.5) is 15.8 Å². The average molecular weight is 437 g/mol. The summed E-state index contributed by atoms with van der Waals surface area (Å²) in [6, 6.07) is 10.9. The van der Waals surface area contributed by atoms with Gasteiger partial charge in [0.1, 0.15) is 5.82 Å². The number of aromatic nitrogens is 2. The maximum absolute atomic E-state index is 14.4. The first-order valence-electron chi connectivity index (χ1n) is 10.5. The van der Waals surface area contributed by atoms with Crippen molar-refractivity contribution < 1.29 is 14.0 Å². The molecule has 1 unspecified atom stereocenters. The van der Waals surface area contributed by atoms with Crippen LogP contribution in [0.1, 0.15) is 36.7 Å². The van der Waals surface area contributed by atoms with E-state index in [-0.39, 0.29) is 23.8 Å². The molecule has 0 spiro atoms. The average Bonchev–Trinajstić information content (AvgIpc) is 2.78. The topological polar surface area (TPSA) is 107 Å². The van der Waals surface area contributed by atoms with E-state index in [0.717, 1.165) is 19.4 Å². The number of nitrogens with one attached hydrogen (secondary N) is 3. The maximum Gasteiger partial charge on any atom is 0.276 e. The largest absolute Gasteiger partial charge is 0.325 e. The van der Waals surface area contributed by atoms with Gasteiger partial charge >= 0.3 is 0 Å². The number of anilines is 2. The van der Waals surface area contributed by atoms with E-state index in [1.54, 1.807) is 24.3 Å². The lowest BCUT2D eigenvalue weighted by Crippen LogP contribution is -2.42. The minimum atomic E-state index is -0.679. The van der Waals surface area contributed by atoms with Gasteiger partial charge in [-0.05, 0) is 50.6 Å². The molecule has 32 heavy (non-hydrogen) atoms. The van der Waals surface area contributed by atoms with E-state index < -0.39 is 17.3 Å². The molecule has 0 bridgehead atoms. The molecule has 1 aliphatic rings. The smallest absolute Gasteiger partial charge is 0.276 e. The number of carbonyl (C=O) groups is 2. The lowest BCUT2D eigenvalue weighted by atomic mass is 10.0. The Balaban J connectivity index is 1.50. The van der Waals surface area contributed by atoms with Crippen molar-refractivity contribution in [2.75, 3.05) is 23.7 Å². The summed E-state index contributed by atoms with van der Waals surface area (Å²) in [5.41, 5.74) is -0.184. The van der Waals surface area contributed by atoms with Crippen molar-refractivity contribution in [2.45, 2.75) is 32.2 Å². The number of amides is 2. The number of benzene rings is 2. The number of fused-ring (bicyclic) bond motifs is 1. The van der Waals surface area contributed by atoms with Crippen LogP contribution in [0.25, 0.3) is 10.8 Å². The molecule has 8 nitrogen and oxygen atoms in total. The van der Waals surface area contributed by atoms with E-state index >= 15 is 0 Å². The van der Waals surface area contributed by atoms with E-state index in [9.17, 15) is 18.8 Å². The number of H-pyrrole nitrogens is 1. The standard InChI is InChI=1S/C23H24FN5O3/c1-14-6-4-5-11-29(14)13-20(30)25-15-9-10-18(24)19(12-15)26-23(32)21-16-7-2-3-8-17(16)22(31)28-27-21/h2-3,7-10,12,14H,4-6,11,13H2,1H3,(H,25,30)(H,26,32)(H,28,31). The zero-order valence-electron chi connectivity index (χ0n) is 17.7. The number of likely N-dealkylation sites (tertiary alicyclic amines) is 1. The fourth-order valence-corrected chi connectivity index (χ4v) is 3.95. The maximum atomic E-state index is 14.4. The van der Waals surface area contributed by atoms with Crippen molar-refractivity contribution in [1.82, 2.24) is 15.1 Å². The lowest BCUT2D eigenvalue weighted by Gasteiger charge is -2.32. The third kappa shape index (κ3) is 4.67. The summed E-state index contributed by atoms with van der Waals surface area (Å²) in [6.45, 7) is 3.24. The third-order valence-electron chi connectivity index (χ3n) is 5.70. The van der Waals surface area contributed by atoms with Crippen LogP contribution < -0.4 is 16.2 Å². The SMILES string of the molecule is CC1CCCCN1CC(=O)Nc1ccc(F)c(NC(=O)c2n[nH]c(=O)c3ccccc23)c1. The van der Waals surface area contributed by atoms with Crippen LogP contribution in [-0.4, -0.2) is 46.0 Å². The molecule has 1 fully saturated rings. The van der Waals surface area contributed by atoms with Gasteiger partial charge in [0.05, 0.1) is 17.6 Å². The van der Waals surface area contributed by atoms with Gasteiger partial charge in [0.15, 0.2) is 5.69 Å². The second kappa shape index (κ2) is 9.27. The highest BCUT2D eigenvalue weighted by Crippen LogP contribution is 2.22. The van der Waals surface area contributed by atoms with Crippen LogP contribution in [0, 0.1) is 5.82 Å². The van der Waals surface area contributed by atoms with E-state index in [2.05, 4.69) is 32.7 Å². The third-order valence-corrected chi connectivity index (χ3v) is 5.70. The number of piperidine rings is 1. The monoisotopic (exact) mass is 437 g/mol. The van der Waals surface area contributed by atoms with Crippen molar-refractivity contribution >= 4 is 34.0 Å². The molecule has 2 aromatic carbocycles. The molecule has 3 N–H and O–H groups in total. The number of rotatable bonds is 5. The quantitative estimate of drug-likeness (QED) is 0.569. The Labute approximate surface area is 183 Å². The highest BCUT2D eigenvalue weighted by molar-refractivity contribution is 6.11. The molecule has 9 heteroatoms. The normalized spacial score (nSPS) is 16.6. The fourth-order valence-electron chi connectivity index (χ4n) is 3.95. The van der Waals surface area contributed by atoms with E-state index in [0.29, 0.717) is 22.5 Å². The van der Waals surface area contributed by atoms with Gasteiger partial charge in [-0.15, -0.1) is 0 Å². The van der Waals surface area contributed by atoms with Gasteiger partial charge in [-0.1, -0.05) is 24.6 Å². The molecular weight excluding hydrogens is 413 g/mol. The summed E-state index contributed by atoms with van der Waals surface area (Å²) >= 11 is 0. The van der Waals surface area contributed by atoms with Crippen LogP contribution in [0.3, 0.4) is 0 Å². The lowest BCUT2D eigenvalue weighted by molar-refractivity contribution is -0.118. The van der Waals surface area contributed by atoms with Crippen molar-refractivity contribution in [1.29, 1.82) is 0 Å². The molecule has 1 aliphatic heterocycles. The number of aromatic amines is 1. The first-order chi connectivity index (χ1) is 15.4. The molecule has 0 aliphatic carbocycles. The zero-order chi connectivity index (χ0) is 22.7. The highest BCUT2D eigenvalue weighted by atomic mass is 19.1. The summed E-state index contributed by atoms with van der Waals surface area (Å²) < 4.78 is 14.4. The molecule has 1 aromatic heterocycles. The van der Waals surface area contributed by atoms with Crippen LogP contribution >= 0.6 is 0 Å². The van der Waals surface area contributed by atoms with Crippen LogP contribution in [0.5, 0.6) is 0 Å². The summed E-state index contributed by atoms with van der Waals surface area (Å²) in [4.78, 5) is 39.3.